The SMILES string of the molecule is CCc1ccc(OC(CC)C(=O)Nc2ccccc2OC)cc1. The third-order valence-corrected chi connectivity index (χ3v) is 3.64. The van der Waals surface area contributed by atoms with Crippen molar-refractivity contribution in [2.24, 2.45) is 0 Å². The van der Waals surface area contributed by atoms with Crippen molar-refractivity contribution in [1.82, 2.24) is 0 Å². The van der Waals surface area contributed by atoms with Crippen molar-refractivity contribution in [1.29, 1.82) is 0 Å². The number of nitrogens with one attached hydrogen (secondary N) is 1. The Labute approximate surface area is 137 Å². The van der Waals surface area contributed by atoms with Crippen LogP contribution in [-0.4, -0.2) is 19.1 Å². The van der Waals surface area contributed by atoms with Crippen molar-refractivity contribution in [2.75, 3.05) is 12.4 Å². The van der Waals surface area contributed by atoms with Crippen molar-refractivity contribution in [3.63, 3.8) is 0 Å². The van der Waals surface area contributed by atoms with E-state index in [1.54, 1.807) is 19.2 Å². The minimum absolute atomic E-state index is 0.184. The van der Waals surface area contributed by atoms with Crippen LogP contribution >= 0.6 is 0 Å². The Morgan fingerprint density at radius 1 is 1.09 bits per heavy atom. The number of hydrogen-bond acceptors (Lipinski definition) is 3. The summed E-state index contributed by atoms with van der Waals surface area (Å²) in [4.78, 5) is 12.4. The van der Waals surface area contributed by atoms with Gasteiger partial charge in [0.1, 0.15) is 11.5 Å². The molecule has 0 aliphatic carbocycles. The van der Waals surface area contributed by atoms with Gasteiger partial charge in [0, 0.05) is 0 Å². The highest BCUT2D eigenvalue weighted by atomic mass is 16.5. The lowest BCUT2D eigenvalue weighted by Crippen LogP contribution is -2.32. The standard InChI is InChI=1S/C19H23NO3/c1-4-14-10-12-15(13-11-14)23-17(5-2)19(21)20-16-8-6-7-9-18(16)22-3/h6-13,17H,4-5H2,1-3H3,(H,20,21). The van der Waals surface area contributed by atoms with E-state index in [1.165, 1.54) is 5.56 Å². The van der Waals surface area contributed by atoms with Gasteiger partial charge in [-0.25, -0.2) is 0 Å². The third-order valence-electron chi connectivity index (χ3n) is 3.64. The number of para-hydroxylation sites is 2. The number of carbonyl (C=O) groups is 1. The molecule has 0 saturated heterocycles. The molecule has 2 aromatic rings. The predicted octanol–water partition coefficient (Wildman–Crippen LogP) is 4.05. The second-order valence-electron chi connectivity index (χ2n) is 5.20. The van der Waals surface area contributed by atoms with Crippen LogP contribution in [0.15, 0.2) is 48.5 Å². The summed E-state index contributed by atoms with van der Waals surface area (Å²) in [6.07, 6.45) is 1.01. The highest BCUT2D eigenvalue weighted by molar-refractivity contribution is 5.95. The van der Waals surface area contributed by atoms with Gasteiger partial charge in [0.15, 0.2) is 6.10 Å². The zero-order valence-electron chi connectivity index (χ0n) is 13.8. The van der Waals surface area contributed by atoms with E-state index >= 15 is 0 Å². The number of hydrogen-bond donors (Lipinski definition) is 1. The first kappa shape index (κ1) is 16.9. The van der Waals surface area contributed by atoms with Gasteiger partial charge in [-0.1, -0.05) is 38.1 Å². The molecule has 0 aliphatic rings. The maximum absolute atomic E-state index is 12.4. The summed E-state index contributed by atoms with van der Waals surface area (Å²) in [5.41, 5.74) is 1.88. The number of ether oxygens (including phenoxy) is 2. The largest absolute Gasteiger partial charge is 0.495 e. The molecule has 1 unspecified atom stereocenters. The first-order valence-corrected chi connectivity index (χ1v) is 7.87. The van der Waals surface area contributed by atoms with E-state index in [0.717, 1.165) is 6.42 Å². The van der Waals surface area contributed by atoms with E-state index < -0.39 is 6.10 Å². The Bertz CT molecular complexity index is 637. The highest BCUT2D eigenvalue weighted by Gasteiger charge is 2.19. The fourth-order valence-electron chi connectivity index (χ4n) is 2.25. The molecular weight excluding hydrogens is 290 g/mol. The highest BCUT2D eigenvalue weighted by Crippen LogP contribution is 2.24. The van der Waals surface area contributed by atoms with E-state index in [2.05, 4.69) is 12.2 Å². The molecule has 0 aromatic heterocycles. The number of methoxy groups -OCH3 is 1. The molecule has 4 heteroatoms. The van der Waals surface area contributed by atoms with Gasteiger partial charge < -0.3 is 14.8 Å². The minimum Gasteiger partial charge on any atom is -0.495 e. The van der Waals surface area contributed by atoms with Crippen LogP contribution in [0.5, 0.6) is 11.5 Å². The first-order valence-electron chi connectivity index (χ1n) is 7.87. The molecule has 4 nitrogen and oxygen atoms in total. The second kappa shape index (κ2) is 8.22. The Hall–Kier alpha value is -2.49. The Balaban J connectivity index is 2.05. The van der Waals surface area contributed by atoms with Crippen LogP contribution in [0.3, 0.4) is 0 Å². The molecule has 2 rings (SSSR count). The number of anilines is 1. The van der Waals surface area contributed by atoms with Crippen molar-refractivity contribution < 1.29 is 14.3 Å². The van der Waals surface area contributed by atoms with Crippen LogP contribution in [0.1, 0.15) is 25.8 Å². The molecule has 0 aliphatic heterocycles. The molecular formula is C19H23NO3. The number of aryl methyl sites for hydroxylation is 1. The number of amides is 1. The zero-order chi connectivity index (χ0) is 16.7. The third kappa shape index (κ3) is 4.49. The molecule has 1 N–H and O–H groups in total. The van der Waals surface area contributed by atoms with Crippen LogP contribution in [0.2, 0.25) is 0 Å². The average Bonchev–Trinajstić information content (AvgIpc) is 2.60. The van der Waals surface area contributed by atoms with Gasteiger partial charge in [-0.2, -0.15) is 0 Å². The minimum atomic E-state index is -0.549. The van der Waals surface area contributed by atoms with E-state index in [9.17, 15) is 4.79 Å². The smallest absolute Gasteiger partial charge is 0.265 e. The quantitative estimate of drug-likeness (QED) is 0.838. The molecule has 122 valence electrons. The zero-order valence-corrected chi connectivity index (χ0v) is 13.8. The first-order chi connectivity index (χ1) is 11.2. The van der Waals surface area contributed by atoms with Crippen LogP contribution in [0.4, 0.5) is 5.69 Å². The summed E-state index contributed by atoms with van der Waals surface area (Å²) in [7, 11) is 1.58. The maximum Gasteiger partial charge on any atom is 0.265 e. The normalized spacial score (nSPS) is 11.6. The second-order valence-corrected chi connectivity index (χ2v) is 5.20. The van der Waals surface area contributed by atoms with Crippen molar-refractivity contribution in [3.8, 4) is 11.5 Å². The summed E-state index contributed by atoms with van der Waals surface area (Å²) in [5, 5.41) is 2.87. The van der Waals surface area contributed by atoms with Crippen molar-refractivity contribution in [2.45, 2.75) is 32.8 Å². The summed E-state index contributed by atoms with van der Waals surface area (Å²) >= 11 is 0. The predicted molar refractivity (Wildman–Crippen MR) is 92.2 cm³/mol. The summed E-state index contributed by atoms with van der Waals surface area (Å²) in [5.74, 6) is 1.14. The van der Waals surface area contributed by atoms with Crippen LogP contribution < -0.4 is 14.8 Å². The van der Waals surface area contributed by atoms with Gasteiger partial charge in [-0.3, -0.25) is 4.79 Å². The van der Waals surface area contributed by atoms with E-state index in [1.807, 2.05) is 43.3 Å². The summed E-state index contributed by atoms with van der Waals surface area (Å²) < 4.78 is 11.1. The van der Waals surface area contributed by atoms with Crippen molar-refractivity contribution in [3.05, 3.63) is 54.1 Å². The van der Waals surface area contributed by atoms with Crippen LogP contribution in [0.25, 0.3) is 0 Å². The fraction of sp³-hybridized carbons (Fsp3) is 0.316. The molecule has 0 spiro atoms. The molecule has 0 saturated carbocycles. The lowest BCUT2D eigenvalue weighted by molar-refractivity contribution is -0.122. The summed E-state index contributed by atoms with van der Waals surface area (Å²) in [6, 6.07) is 15.2. The van der Waals surface area contributed by atoms with E-state index in [4.69, 9.17) is 9.47 Å². The molecule has 1 amide bonds. The van der Waals surface area contributed by atoms with Crippen LogP contribution in [-0.2, 0) is 11.2 Å². The summed E-state index contributed by atoms with van der Waals surface area (Å²) in [6.45, 7) is 4.03. The Kier molecular flexibility index (Phi) is 6.03. The molecule has 0 radical (unpaired) electrons. The van der Waals surface area contributed by atoms with Gasteiger partial charge in [0.2, 0.25) is 0 Å². The molecule has 2 aromatic carbocycles. The van der Waals surface area contributed by atoms with Gasteiger partial charge in [-0.15, -0.1) is 0 Å². The molecule has 0 heterocycles. The monoisotopic (exact) mass is 313 g/mol. The number of carbonyl (C=O) groups excluding carboxylic acids is 1. The lowest BCUT2D eigenvalue weighted by Gasteiger charge is -2.18. The maximum atomic E-state index is 12.4. The van der Waals surface area contributed by atoms with Gasteiger partial charge in [0.25, 0.3) is 5.91 Å². The van der Waals surface area contributed by atoms with Crippen LogP contribution in [0, 0.1) is 0 Å². The average molecular weight is 313 g/mol. The van der Waals surface area contributed by atoms with Crippen molar-refractivity contribution >= 4 is 11.6 Å². The van der Waals surface area contributed by atoms with Gasteiger partial charge in [-0.05, 0) is 42.7 Å². The molecule has 23 heavy (non-hydrogen) atoms. The van der Waals surface area contributed by atoms with Gasteiger partial charge >= 0.3 is 0 Å². The van der Waals surface area contributed by atoms with E-state index in [0.29, 0.717) is 23.6 Å². The molecule has 1 atom stereocenters. The Morgan fingerprint density at radius 2 is 1.78 bits per heavy atom. The number of benzene rings is 2. The Morgan fingerprint density at radius 3 is 2.39 bits per heavy atom. The lowest BCUT2D eigenvalue weighted by atomic mass is 10.1. The van der Waals surface area contributed by atoms with E-state index in [-0.39, 0.29) is 5.91 Å². The number of rotatable bonds is 7. The fourth-order valence-corrected chi connectivity index (χ4v) is 2.25. The van der Waals surface area contributed by atoms with Gasteiger partial charge in [0.05, 0.1) is 12.8 Å². The molecule has 0 fully saturated rings. The molecule has 0 bridgehead atoms. The topological polar surface area (TPSA) is 47.6 Å².